The van der Waals surface area contributed by atoms with Crippen LogP contribution in [0.5, 0.6) is 0 Å². The Kier molecular flexibility index (Phi) is 1.72. The van der Waals surface area contributed by atoms with E-state index >= 15 is 0 Å². The van der Waals surface area contributed by atoms with Crippen molar-refractivity contribution in [3.05, 3.63) is 35.9 Å². The lowest BCUT2D eigenvalue weighted by molar-refractivity contribution is 0.0945. The summed E-state index contributed by atoms with van der Waals surface area (Å²) in [6.45, 7) is 0. The molecule has 74 valence electrons. The van der Waals surface area contributed by atoms with Gasteiger partial charge >= 0.3 is 0 Å². The predicted molar refractivity (Wildman–Crippen MR) is 56.1 cm³/mol. The molecule has 0 spiro atoms. The summed E-state index contributed by atoms with van der Waals surface area (Å²) in [5, 5.41) is 10.1. The lowest BCUT2D eigenvalue weighted by atomic mass is 9.80. The summed E-state index contributed by atoms with van der Waals surface area (Å²) >= 11 is 0. The number of aliphatic hydroxyl groups excluding tert-OH is 1. The second kappa shape index (κ2) is 2.83. The third-order valence-corrected chi connectivity index (χ3v) is 4.09. The molecule has 0 saturated heterocycles. The standard InChI is InChI=1S/C13H16O/c14-12-8-4-7-11-9-13(11,12)10-5-2-1-3-6-10/h1-3,5-6,11-12,14H,4,7-9H2/t11-,12+,13-/m1/s1. The Morgan fingerprint density at radius 2 is 1.93 bits per heavy atom. The van der Waals surface area contributed by atoms with Crippen LogP contribution in [0.3, 0.4) is 0 Å². The first-order valence-corrected chi connectivity index (χ1v) is 5.57. The molecule has 3 rings (SSSR count). The number of aliphatic hydroxyl groups is 1. The van der Waals surface area contributed by atoms with E-state index < -0.39 is 0 Å². The SMILES string of the molecule is O[C@H]1CCC[C@@H]2C[C@@]21c1ccccc1. The minimum atomic E-state index is -0.0938. The fraction of sp³-hybridized carbons (Fsp3) is 0.538. The highest BCUT2D eigenvalue weighted by atomic mass is 16.3. The Bertz CT molecular complexity index is 332. The Hall–Kier alpha value is -0.820. The molecule has 1 nitrogen and oxygen atoms in total. The monoisotopic (exact) mass is 188 g/mol. The first kappa shape index (κ1) is 8.49. The molecule has 0 heterocycles. The van der Waals surface area contributed by atoms with Crippen molar-refractivity contribution < 1.29 is 5.11 Å². The van der Waals surface area contributed by atoms with Crippen molar-refractivity contribution >= 4 is 0 Å². The van der Waals surface area contributed by atoms with E-state index in [9.17, 15) is 5.11 Å². The van der Waals surface area contributed by atoms with Crippen molar-refractivity contribution in [2.75, 3.05) is 0 Å². The number of hydrogen-bond acceptors (Lipinski definition) is 1. The summed E-state index contributed by atoms with van der Waals surface area (Å²) in [4.78, 5) is 0. The molecule has 14 heavy (non-hydrogen) atoms. The van der Waals surface area contributed by atoms with Crippen molar-refractivity contribution in [2.24, 2.45) is 5.92 Å². The molecule has 0 amide bonds. The van der Waals surface area contributed by atoms with E-state index in [1.54, 1.807) is 0 Å². The Morgan fingerprint density at radius 3 is 2.64 bits per heavy atom. The Labute approximate surface area is 84.8 Å². The van der Waals surface area contributed by atoms with E-state index in [1.807, 2.05) is 6.07 Å². The van der Waals surface area contributed by atoms with Gasteiger partial charge in [0, 0.05) is 5.41 Å². The maximum atomic E-state index is 10.1. The number of fused-ring (bicyclic) bond motifs is 1. The summed E-state index contributed by atoms with van der Waals surface area (Å²) in [5.41, 5.74) is 1.51. The number of hydrogen-bond donors (Lipinski definition) is 1. The third-order valence-electron chi connectivity index (χ3n) is 4.09. The van der Waals surface area contributed by atoms with Crippen LogP contribution >= 0.6 is 0 Å². The first-order chi connectivity index (χ1) is 6.84. The lowest BCUT2D eigenvalue weighted by Gasteiger charge is -2.28. The second-order valence-electron chi connectivity index (χ2n) is 4.75. The molecule has 2 fully saturated rings. The van der Waals surface area contributed by atoms with Gasteiger partial charge in [0.2, 0.25) is 0 Å². The van der Waals surface area contributed by atoms with E-state index in [1.165, 1.54) is 24.8 Å². The van der Waals surface area contributed by atoms with E-state index in [0.717, 1.165) is 12.3 Å². The molecule has 1 N–H and O–H groups in total. The molecule has 0 bridgehead atoms. The van der Waals surface area contributed by atoms with Crippen molar-refractivity contribution in [3.63, 3.8) is 0 Å². The van der Waals surface area contributed by atoms with Gasteiger partial charge in [-0.1, -0.05) is 36.8 Å². The molecule has 2 saturated carbocycles. The molecule has 0 aromatic heterocycles. The molecule has 0 aliphatic heterocycles. The molecule has 2 aliphatic carbocycles. The van der Waals surface area contributed by atoms with Gasteiger partial charge in [-0.15, -0.1) is 0 Å². The normalized spacial score (nSPS) is 40.4. The zero-order valence-corrected chi connectivity index (χ0v) is 8.32. The van der Waals surface area contributed by atoms with E-state index in [-0.39, 0.29) is 11.5 Å². The van der Waals surface area contributed by atoms with E-state index in [4.69, 9.17) is 0 Å². The first-order valence-electron chi connectivity index (χ1n) is 5.57. The summed E-state index contributed by atoms with van der Waals surface area (Å²) < 4.78 is 0. The lowest BCUT2D eigenvalue weighted by Crippen LogP contribution is -2.31. The number of benzene rings is 1. The van der Waals surface area contributed by atoms with Crippen LogP contribution in [0.4, 0.5) is 0 Å². The molecule has 1 aromatic rings. The molecular weight excluding hydrogens is 172 g/mol. The van der Waals surface area contributed by atoms with Gasteiger partial charge in [-0.25, -0.2) is 0 Å². The van der Waals surface area contributed by atoms with Crippen LogP contribution in [0.1, 0.15) is 31.2 Å². The number of rotatable bonds is 1. The van der Waals surface area contributed by atoms with Gasteiger partial charge in [-0.05, 0) is 30.7 Å². The second-order valence-corrected chi connectivity index (χ2v) is 4.75. The van der Waals surface area contributed by atoms with Crippen LogP contribution in [0.25, 0.3) is 0 Å². The maximum Gasteiger partial charge on any atom is 0.0639 e. The minimum absolute atomic E-state index is 0.0938. The van der Waals surface area contributed by atoms with Crippen LogP contribution in [-0.2, 0) is 5.41 Å². The highest BCUT2D eigenvalue weighted by Gasteiger charge is 2.60. The Morgan fingerprint density at radius 1 is 1.14 bits per heavy atom. The molecule has 0 unspecified atom stereocenters. The van der Waals surface area contributed by atoms with Crippen molar-refractivity contribution in [3.8, 4) is 0 Å². The van der Waals surface area contributed by atoms with E-state index in [0.29, 0.717) is 0 Å². The fourth-order valence-electron chi connectivity index (χ4n) is 3.23. The van der Waals surface area contributed by atoms with Gasteiger partial charge in [0.1, 0.15) is 0 Å². The van der Waals surface area contributed by atoms with Crippen LogP contribution in [0, 0.1) is 5.92 Å². The van der Waals surface area contributed by atoms with Crippen molar-refractivity contribution in [1.29, 1.82) is 0 Å². The summed E-state index contributed by atoms with van der Waals surface area (Å²) in [7, 11) is 0. The summed E-state index contributed by atoms with van der Waals surface area (Å²) in [6.07, 6.45) is 4.62. The molecule has 3 atom stereocenters. The zero-order valence-electron chi connectivity index (χ0n) is 8.32. The van der Waals surface area contributed by atoms with Crippen LogP contribution in [0.2, 0.25) is 0 Å². The average molecular weight is 188 g/mol. The quantitative estimate of drug-likeness (QED) is 0.718. The summed E-state index contributed by atoms with van der Waals surface area (Å²) in [5.74, 6) is 0.758. The molecule has 2 aliphatic rings. The molecule has 1 heteroatoms. The summed E-state index contributed by atoms with van der Waals surface area (Å²) in [6, 6.07) is 10.6. The minimum Gasteiger partial charge on any atom is -0.392 e. The maximum absolute atomic E-state index is 10.1. The Balaban J connectivity index is 1.98. The van der Waals surface area contributed by atoms with Gasteiger partial charge in [0.25, 0.3) is 0 Å². The topological polar surface area (TPSA) is 20.2 Å². The van der Waals surface area contributed by atoms with Crippen LogP contribution in [-0.4, -0.2) is 11.2 Å². The van der Waals surface area contributed by atoms with Gasteiger partial charge in [0.05, 0.1) is 6.10 Å². The smallest absolute Gasteiger partial charge is 0.0639 e. The van der Waals surface area contributed by atoms with Gasteiger partial charge in [0.15, 0.2) is 0 Å². The highest BCUT2D eigenvalue weighted by Crippen LogP contribution is 2.62. The molecule has 0 radical (unpaired) electrons. The average Bonchev–Trinajstić information content (AvgIpc) is 2.96. The molecular formula is C13H16O. The predicted octanol–water partition coefficient (Wildman–Crippen LogP) is 2.49. The van der Waals surface area contributed by atoms with Gasteiger partial charge in [-0.2, -0.15) is 0 Å². The van der Waals surface area contributed by atoms with Crippen LogP contribution in [0.15, 0.2) is 30.3 Å². The van der Waals surface area contributed by atoms with Crippen LogP contribution < -0.4 is 0 Å². The van der Waals surface area contributed by atoms with Crippen molar-refractivity contribution in [1.82, 2.24) is 0 Å². The molecule has 1 aromatic carbocycles. The highest BCUT2D eigenvalue weighted by molar-refractivity contribution is 5.36. The van der Waals surface area contributed by atoms with Gasteiger partial charge < -0.3 is 5.11 Å². The zero-order chi connectivity index (χ0) is 9.60. The third kappa shape index (κ3) is 0.992. The van der Waals surface area contributed by atoms with E-state index in [2.05, 4.69) is 24.3 Å². The van der Waals surface area contributed by atoms with Gasteiger partial charge in [-0.3, -0.25) is 0 Å². The fourth-order valence-corrected chi connectivity index (χ4v) is 3.23. The largest absolute Gasteiger partial charge is 0.392 e. The van der Waals surface area contributed by atoms with Crippen molar-refractivity contribution in [2.45, 2.75) is 37.2 Å².